The fourth-order valence-corrected chi connectivity index (χ4v) is 2.35. The van der Waals surface area contributed by atoms with Crippen LogP contribution in [0.5, 0.6) is 17.2 Å². The Hall–Kier alpha value is -3.01. The van der Waals surface area contributed by atoms with Crippen molar-refractivity contribution in [2.24, 2.45) is 0 Å². The van der Waals surface area contributed by atoms with E-state index in [0.29, 0.717) is 22.8 Å². The lowest BCUT2D eigenvalue weighted by Gasteiger charge is -2.02. The molecule has 0 aromatic heterocycles. The van der Waals surface area contributed by atoms with Gasteiger partial charge in [0, 0.05) is 11.6 Å². The van der Waals surface area contributed by atoms with Crippen molar-refractivity contribution in [1.82, 2.24) is 0 Å². The summed E-state index contributed by atoms with van der Waals surface area (Å²) >= 11 is 0. The second-order valence-electron chi connectivity index (χ2n) is 4.93. The van der Waals surface area contributed by atoms with Crippen LogP contribution in [0.3, 0.4) is 0 Å². The van der Waals surface area contributed by atoms with E-state index in [2.05, 4.69) is 0 Å². The van der Waals surface area contributed by atoms with Gasteiger partial charge >= 0.3 is 0 Å². The largest absolute Gasteiger partial charge is 0.497 e. The summed E-state index contributed by atoms with van der Waals surface area (Å²) in [5.74, 6) is 2.11. The third kappa shape index (κ3) is 2.97. The minimum absolute atomic E-state index is 0.132. The van der Waals surface area contributed by atoms with Gasteiger partial charge in [0.2, 0.25) is 5.78 Å². The van der Waals surface area contributed by atoms with Crippen LogP contribution in [-0.2, 0) is 0 Å². The molecule has 0 fully saturated rings. The third-order valence-corrected chi connectivity index (χ3v) is 3.54. The van der Waals surface area contributed by atoms with E-state index in [0.717, 1.165) is 11.3 Å². The van der Waals surface area contributed by atoms with Crippen molar-refractivity contribution in [2.75, 3.05) is 14.2 Å². The standard InChI is InChI=1S/C19H16O4/c1-21-14-10-11-15-18(12-14)23-17(19(15)20)9-5-7-13-6-3-4-8-16(13)22-2/h3-12H,1-2H3/b7-5+,17-9-. The van der Waals surface area contributed by atoms with E-state index >= 15 is 0 Å². The zero-order valence-electron chi connectivity index (χ0n) is 12.9. The number of Topliss-reactive ketones (excluding diaryl/α,β-unsaturated/α-hetero) is 1. The predicted molar refractivity (Wildman–Crippen MR) is 88.1 cm³/mol. The first-order valence-corrected chi connectivity index (χ1v) is 7.15. The first-order chi connectivity index (χ1) is 11.2. The van der Waals surface area contributed by atoms with Crippen molar-refractivity contribution in [2.45, 2.75) is 0 Å². The maximum atomic E-state index is 12.3. The summed E-state index contributed by atoms with van der Waals surface area (Å²) in [4.78, 5) is 12.3. The second-order valence-corrected chi connectivity index (χ2v) is 4.93. The number of fused-ring (bicyclic) bond motifs is 1. The van der Waals surface area contributed by atoms with Crippen LogP contribution in [0.1, 0.15) is 15.9 Å². The molecular weight excluding hydrogens is 292 g/mol. The smallest absolute Gasteiger partial charge is 0.231 e. The summed E-state index contributed by atoms with van der Waals surface area (Å²) in [6, 6.07) is 12.8. The number of carbonyl (C=O) groups is 1. The number of rotatable bonds is 4. The molecule has 0 atom stereocenters. The van der Waals surface area contributed by atoms with Crippen LogP contribution in [0.25, 0.3) is 6.08 Å². The van der Waals surface area contributed by atoms with E-state index < -0.39 is 0 Å². The molecule has 4 nitrogen and oxygen atoms in total. The molecule has 0 aliphatic carbocycles. The minimum atomic E-state index is -0.132. The average Bonchev–Trinajstić information content (AvgIpc) is 2.90. The Kier molecular flexibility index (Phi) is 4.15. The van der Waals surface area contributed by atoms with Gasteiger partial charge < -0.3 is 14.2 Å². The van der Waals surface area contributed by atoms with Gasteiger partial charge in [0.25, 0.3) is 0 Å². The Bertz CT molecular complexity index is 803. The highest BCUT2D eigenvalue weighted by atomic mass is 16.5. The van der Waals surface area contributed by atoms with Crippen LogP contribution in [0, 0.1) is 0 Å². The molecule has 1 aliphatic rings. The summed E-state index contributed by atoms with van der Waals surface area (Å²) in [7, 11) is 3.20. The maximum Gasteiger partial charge on any atom is 0.231 e. The highest BCUT2D eigenvalue weighted by Gasteiger charge is 2.27. The normalized spacial score (nSPS) is 14.9. The third-order valence-electron chi connectivity index (χ3n) is 3.54. The van der Waals surface area contributed by atoms with Gasteiger partial charge in [0.15, 0.2) is 5.76 Å². The van der Waals surface area contributed by atoms with Gasteiger partial charge in [-0.15, -0.1) is 0 Å². The zero-order chi connectivity index (χ0) is 16.2. The van der Waals surface area contributed by atoms with Crippen LogP contribution in [0.4, 0.5) is 0 Å². The van der Waals surface area contributed by atoms with Crippen LogP contribution >= 0.6 is 0 Å². The number of hydrogen-bond donors (Lipinski definition) is 0. The van der Waals surface area contributed by atoms with E-state index in [1.165, 1.54) is 0 Å². The lowest BCUT2D eigenvalue weighted by molar-refractivity contribution is 0.101. The number of methoxy groups -OCH3 is 2. The van der Waals surface area contributed by atoms with Crippen molar-refractivity contribution in [3.8, 4) is 17.2 Å². The summed E-state index contributed by atoms with van der Waals surface area (Å²) in [6.45, 7) is 0. The van der Waals surface area contributed by atoms with Crippen molar-refractivity contribution >= 4 is 11.9 Å². The molecule has 0 unspecified atom stereocenters. The number of hydrogen-bond acceptors (Lipinski definition) is 4. The van der Waals surface area contributed by atoms with E-state index in [1.54, 1.807) is 44.6 Å². The van der Waals surface area contributed by atoms with Gasteiger partial charge in [0.05, 0.1) is 19.8 Å². The van der Waals surface area contributed by atoms with Crippen molar-refractivity contribution in [3.63, 3.8) is 0 Å². The van der Waals surface area contributed by atoms with Crippen LogP contribution in [-0.4, -0.2) is 20.0 Å². The lowest BCUT2D eigenvalue weighted by atomic mass is 10.1. The van der Waals surface area contributed by atoms with E-state index in [9.17, 15) is 4.79 Å². The Labute approximate surface area is 134 Å². The fourth-order valence-electron chi connectivity index (χ4n) is 2.35. The quantitative estimate of drug-likeness (QED) is 0.804. The van der Waals surface area contributed by atoms with Gasteiger partial charge in [-0.3, -0.25) is 4.79 Å². The Morgan fingerprint density at radius 2 is 1.87 bits per heavy atom. The van der Waals surface area contributed by atoms with Crippen molar-refractivity contribution < 1.29 is 19.0 Å². The molecule has 0 bridgehead atoms. The number of ketones is 1. The fraction of sp³-hybridized carbons (Fsp3) is 0.105. The molecule has 0 N–H and O–H groups in total. The second kappa shape index (κ2) is 6.40. The maximum absolute atomic E-state index is 12.3. The molecular formula is C19H16O4. The molecule has 1 heterocycles. The Balaban J connectivity index is 1.82. The first kappa shape index (κ1) is 14.9. The topological polar surface area (TPSA) is 44.8 Å². The number of carbonyl (C=O) groups excluding carboxylic acids is 1. The molecule has 0 saturated carbocycles. The average molecular weight is 308 g/mol. The van der Waals surface area contributed by atoms with Gasteiger partial charge in [-0.25, -0.2) is 0 Å². The summed E-state index contributed by atoms with van der Waals surface area (Å²) in [6.07, 6.45) is 5.29. The first-order valence-electron chi connectivity index (χ1n) is 7.15. The van der Waals surface area contributed by atoms with Gasteiger partial charge in [0.1, 0.15) is 17.2 Å². The van der Waals surface area contributed by atoms with Crippen LogP contribution < -0.4 is 14.2 Å². The molecule has 1 aliphatic heterocycles. The number of ether oxygens (including phenoxy) is 3. The molecule has 4 heteroatoms. The minimum Gasteiger partial charge on any atom is -0.497 e. The molecule has 23 heavy (non-hydrogen) atoms. The highest BCUT2D eigenvalue weighted by Crippen LogP contribution is 2.34. The monoisotopic (exact) mass is 308 g/mol. The lowest BCUT2D eigenvalue weighted by Crippen LogP contribution is -1.97. The van der Waals surface area contributed by atoms with E-state index in [1.807, 2.05) is 30.3 Å². The summed E-state index contributed by atoms with van der Waals surface area (Å²) < 4.78 is 16.0. The van der Waals surface area contributed by atoms with Crippen molar-refractivity contribution in [1.29, 1.82) is 0 Å². The molecule has 0 spiro atoms. The van der Waals surface area contributed by atoms with Gasteiger partial charge in [-0.2, -0.15) is 0 Å². The van der Waals surface area contributed by atoms with Crippen molar-refractivity contribution in [3.05, 3.63) is 71.5 Å². The Morgan fingerprint density at radius 1 is 1.04 bits per heavy atom. The van der Waals surface area contributed by atoms with Gasteiger partial charge in [-0.1, -0.05) is 30.4 Å². The van der Waals surface area contributed by atoms with E-state index in [-0.39, 0.29) is 5.78 Å². The number of para-hydroxylation sites is 1. The summed E-state index contributed by atoms with van der Waals surface area (Å²) in [5.41, 5.74) is 1.47. The SMILES string of the molecule is COc1ccc2c(c1)O/C(=C\C=C\c1ccccc1OC)C2=O. The highest BCUT2D eigenvalue weighted by molar-refractivity contribution is 6.12. The number of allylic oxidation sites excluding steroid dienone is 3. The molecule has 0 radical (unpaired) electrons. The molecule has 3 rings (SSSR count). The number of benzene rings is 2. The Morgan fingerprint density at radius 3 is 2.65 bits per heavy atom. The van der Waals surface area contributed by atoms with Gasteiger partial charge in [-0.05, 0) is 24.3 Å². The van der Waals surface area contributed by atoms with Crippen LogP contribution in [0.15, 0.2) is 60.4 Å². The van der Waals surface area contributed by atoms with Crippen LogP contribution in [0.2, 0.25) is 0 Å². The molecule has 2 aromatic rings. The molecule has 0 amide bonds. The molecule has 116 valence electrons. The molecule has 0 saturated heterocycles. The molecule has 2 aromatic carbocycles. The zero-order valence-corrected chi connectivity index (χ0v) is 12.9. The van der Waals surface area contributed by atoms with E-state index in [4.69, 9.17) is 14.2 Å². The predicted octanol–water partition coefficient (Wildman–Crippen LogP) is 3.88. The summed E-state index contributed by atoms with van der Waals surface area (Å²) in [5, 5.41) is 0.